The van der Waals surface area contributed by atoms with E-state index in [9.17, 15) is 9.59 Å². The number of piperazine rings is 1. The van der Waals surface area contributed by atoms with Gasteiger partial charge in [0.25, 0.3) is 5.56 Å². The number of rotatable bonds is 5. The van der Waals surface area contributed by atoms with Crippen molar-refractivity contribution in [2.75, 3.05) is 31.1 Å². The number of aromatic nitrogens is 4. The molecule has 0 amide bonds. The van der Waals surface area contributed by atoms with Crippen molar-refractivity contribution >= 4 is 17.1 Å². The van der Waals surface area contributed by atoms with Crippen LogP contribution in [0.15, 0.2) is 33.9 Å². The molecule has 140 valence electrons. The van der Waals surface area contributed by atoms with Crippen molar-refractivity contribution in [1.29, 1.82) is 0 Å². The van der Waals surface area contributed by atoms with Gasteiger partial charge >= 0.3 is 5.69 Å². The molecule has 26 heavy (non-hydrogen) atoms. The largest absolute Gasteiger partial charge is 0.340 e. The fourth-order valence-corrected chi connectivity index (χ4v) is 3.20. The van der Waals surface area contributed by atoms with E-state index in [0.29, 0.717) is 17.7 Å². The van der Waals surface area contributed by atoms with Crippen molar-refractivity contribution < 1.29 is 0 Å². The third kappa shape index (κ3) is 3.12. The zero-order chi connectivity index (χ0) is 18.8. The fraction of sp³-hybridized carbons (Fsp3) is 0.500. The van der Waals surface area contributed by atoms with Gasteiger partial charge in [-0.25, -0.2) is 4.79 Å². The normalized spacial score (nSPS) is 14.7. The molecule has 0 bridgehead atoms. The van der Waals surface area contributed by atoms with Crippen LogP contribution in [0.2, 0.25) is 0 Å². The fourth-order valence-electron chi connectivity index (χ4n) is 3.20. The number of hydrogen-bond donors (Lipinski definition) is 1. The lowest BCUT2D eigenvalue weighted by Gasteiger charge is -2.28. The first-order valence-corrected chi connectivity index (χ1v) is 8.85. The maximum Gasteiger partial charge on any atom is 0.332 e. The smallest absolute Gasteiger partial charge is 0.332 e. The first kappa shape index (κ1) is 18.2. The van der Waals surface area contributed by atoms with Crippen LogP contribution in [0.3, 0.4) is 0 Å². The molecule has 0 aromatic carbocycles. The Morgan fingerprint density at radius 3 is 2.50 bits per heavy atom. The quantitative estimate of drug-likeness (QED) is 0.786. The van der Waals surface area contributed by atoms with E-state index in [1.165, 1.54) is 9.13 Å². The average molecular weight is 358 g/mol. The predicted octanol–water partition coefficient (Wildman–Crippen LogP) is 0.459. The summed E-state index contributed by atoms with van der Waals surface area (Å²) in [5.74, 6) is 0.738. The number of allylic oxidation sites excluding steroid dienone is 3. The monoisotopic (exact) mass is 358 g/mol. The maximum absolute atomic E-state index is 13.0. The standard InChI is InChI=1S/C18H26N6O2/c1-5-9-24-16(25)14-15(21(4)18(24)26)20-17(22-11-7-19-8-12-22)23(14)10-6-13(2)3/h5-6,19H,1,7-12H2,2-4H3. The molecule has 1 aliphatic rings. The van der Waals surface area contributed by atoms with Crippen molar-refractivity contribution in [1.82, 2.24) is 24.0 Å². The molecular weight excluding hydrogens is 332 g/mol. The molecule has 1 aliphatic heterocycles. The minimum Gasteiger partial charge on any atom is -0.340 e. The third-order valence-electron chi connectivity index (χ3n) is 4.61. The van der Waals surface area contributed by atoms with Crippen molar-refractivity contribution in [3.8, 4) is 0 Å². The molecule has 8 heteroatoms. The molecule has 3 rings (SSSR count). The highest BCUT2D eigenvalue weighted by atomic mass is 16.2. The summed E-state index contributed by atoms with van der Waals surface area (Å²) < 4.78 is 4.58. The van der Waals surface area contributed by atoms with Crippen LogP contribution in [0.25, 0.3) is 11.2 Å². The summed E-state index contributed by atoms with van der Waals surface area (Å²) in [5.41, 5.74) is 1.35. The Kier molecular flexibility index (Phi) is 5.13. The van der Waals surface area contributed by atoms with E-state index in [2.05, 4.69) is 22.9 Å². The van der Waals surface area contributed by atoms with E-state index >= 15 is 0 Å². The average Bonchev–Trinajstić information content (AvgIpc) is 3.02. The topological polar surface area (TPSA) is 77.1 Å². The minimum absolute atomic E-state index is 0.179. The van der Waals surface area contributed by atoms with E-state index in [4.69, 9.17) is 4.98 Å². The molecule has 0 spiro atoms. The lowest BCUT2D eigenvalue weighted by Crippen LogP contribution is -2.44. The van der Waals surface area contributed by atoms with Crippen molar-refractivity contribution in [3.05, 3.63) is 45.1 Å². The maximum atomic E-state index is 13.0. The van der Waals surface area contributed by atoms with E-state index in [-0.39, 0.29) is 17.8 Å². The summed E-state index contributed by atoms with van der Waals surface area (Å²) in [5, 5.41) is 3.32. The zero-order valence-corrected chi connectivity index (χ0v) is 15.7. The van der Waals surface area contributed by atoms with Crippen molar-refractivity contribution in [3.63, 3.8) is 0 Å². The van der Waals surface area contributed by atoms with Gasteiger partial charge in [-0.1, -0.05) is 17.7 Å². The van der Waals surface area contributed by atoms with Gasteiger partial charge < -0.3 is 14.8 Å². The Labute approximate surface area is 152 Å². The van der Waals surface area contributed by atoms with Crippen LogP contribution in [-0.2, 0) is 20.1 Å². The molecule has 1 fully saturated rings. The van der Waals surface area contributed by atoms with Crippen LogP contribution in [0.5, 0.6) is 0 Å². The summed E-state index contributed by atoms with van der Waals surface area (Å²) in [6.07, 6.45) is 3.62. The van der Waals surface area contributed by atoms with Crippen molar-refractivity contribution in [2.24, 2.45) is 7.05 Å². The highest BCUT2D eigenvalue weighted by Gasteiger charge is 2.23. The summed E-state index contributed by atoms with van der Waals surface area (Å²) in [7, 11) is 1.66. The van der Waals surface area contributed by atoms with Gasteiger partial charge in [0.05, 0.1) is 0 Å². The molecule has 2 aromatic rings. The lowest BCUT2D eigenvalue weighted by atomic mass is 10.3. The van der Waals surface area contributed by atoms with Gasteiger partial charge in [0.1, 0.15) is 0 Å². The molecule has 1 saturated heterocycles. The summed E-state index contributed by atoms with van der Waals surface area (Å²) in [4.78, 5) is 32.4. The van der Waals surface area contributed by atoms with Gasteiger partial charge in [-0.2, -0.15) is 4.98 Å². The Hall–Kier alpha value is -2.61. The van der Waals surface area contributed by atoms with Crippen LogP contribution in [-0.4, -0.2) is 44.9 Å². The van der Waals surface area contributed by atoms with Crippen LogP contribution in [0.4, 0.5) is 5.95 Å². The first-order chi connectivity index (χ1) is 12.5. The van der Waals surface area contributed by atoms with E-state index in [1.807, 2.05) is 18.4 Å². The van der Waals surface area contributed by atoms with Crippen molar-refractivity contribution in [2.45, 2.75) is 26.9 Å². The zero-order valence-electron chi connectivity index (χ0n) is 15.7. The molecule has 0 aliphatic carbocycles. The number of nitrogens with one attached hydrogen (secondary N) is 1. The summed E-state index contributed by atoms with van der Waals surface area (Å²) in [6, 6.07) is 0. The van der Waals surface area contributed by atoms with Crippen LogP contribution in [0, 0.1) is 0 Å². The second-order valence-electron chi connectivity index (χ2n) is 6.76. The molecule has 2 aromatic heterocycles. The second kappa shape index (κ2) is 7.33. The number of fused-ring (bicyclic) bond motifs is 1. The minimum atomic E-state index is -0.374. The molecule has 8 nitrogen and oxygen atoms in total. The Morgan fingerprint density at radius 1 is 1.19 bits per heavy atom. The third-order valence-corrected chi connectivity index (χ3v) is 4.61. The highest BCUT2D eigenvalue weighted by Crippen LogP contribution is 2.20. The predicted molar refractivity (Wildman–Crippen MR) is 104 cm³/mol. The van der Waals surface area contributed by atoms with E-state index in [1.54, 1.807) is 13.1 Å². The molecule has 0 atom stereocenters. The number of hydrogen-bond acceptors (Lipinski definition) is 5. The number of anilines is 1. The van der Waals surface area contributed by atoms with E-state index in [0.717, 1.165) is 37.7 Å². The number of nitrogens with zero attached hydrogens (tertiary/aromatic N) is 5. The van der Waals surface area contributed by atoms with Gasteiger partial charge in [-0.05, 0) is 13.8 Å². The molecule has 0 unspecified atom stereocenters. The molecular formula is C18H26N6O2. The SMILES string of the molecule is C=CCn1c(=O)c2c(nc(N3CCNCC3)n2CC=C(C)C)n(C)c1=O. The summed E-state index contributed by atoms with van der Waals surface area (Å²) in [6.45, 7) is 11.8. The second-order valence-corrected chi connectivity index (χ2v) is 6.76. The van der Waals surface area contributed by atoms with Gasteiger partial charge in [0.15, 0.2) is 11.2 Å². The molecule has 0 saturated carbocycles. The Morgan fingerprint density at radius 2 is 1.88 bits per heavy atom. The number of imidazole rings is 1. The molecule has 3 heterocycles. The van der Waals surface area contributed by atoms with Gasteiger partial charge in [0.2, 0.25) is 5.95 Å². The van der Waals surface area contributed by atoms with Crippen LogP contribution < -0.4 is 21.5 Å². The van der Waals surface area contributed by atoms with Gasteiger partial charge in [-0.3, -0.25) is 13.9 Å². The number of aryl methyl sites for hydroxylation is 1. The molecule has 0 radical (unpaired) electrons. The van der Waals surface area contributed by atoms with E-state index < -0.39 is 0 Å². The lowest BCUT2D eigenvalue weighted by molar-refractivity contribution is 0.572. The highest BCUT2D eigenvalue weighted by molar-refractivity contribution is 5.74. The molecule has 1 N–H and O–H groups in total. The Balaban J connectivity index is 2.31. The van der Waals surface area contributed by atoms with Gasteiger partial charge in [0, 0.05) is 46.3 Å². The van der Waals surface area contributed by atoms with Crippen LogP contribution >= 0.6 is 0 Å². The Bertz CT molecular complexity index is 968. The van der Waals surface area contributed by atoms with Crippen LogP contribution in [0.1, 0.15) is 13.8 Å². The van der Waals surface area contributed by atoms with Gasteiger partial charge in [-0.15, -0.1) is 6.58 Å². The first-order valence-electron chi connectivity index (χ1n) is 8.85. The summed E-state index contributed by atoms with van der Waals surface area (Å²) >= 11 is 0.